The van der Waals surface area contributed by atoms with Gasteiger partial charge in [0.05, 0.1) is 17.2 Å². The zero-order valence-corrected chi connectivity index (χ0v) is 12.7. The molecule has 3 aromatic rings. The molecule has 0 saturated heterocycles. The zero-order chi connectivity index (χ0) is 16.1. The number of amides is 1. The van der Waals surface area contributed by atoms with Gasteiger partial charge in [0, 0.05) is 38.4 Å². The van der Waals surface area contributed by atoms with Crippen LogP contribution in [-0.4, -0.2) is 26.6 Å². The number of aryl methyl sites for hydroxylation is 1. The van der Waals surface area contributed by atoms with Crippen molar-refractivity contribution in [2.24, 2.45) is 0 Å². The van der Waals surface area contributed by atoms with E-state index in [0.717, 1.165) is 6.54 Å². The number of fused-ring (bicyclic) bond motifs is 1. The molecule has 6 heteroatoms. The topological polar surface area (TPSA) is 68.9 Å². The third-order valence-corrected chi connectivity index (χ3v) is 3.67. The van der Waals surface area contributed by atoms with Crippen LogP contribution < -0.4 is 10.9 Å². The molecule has 1 aromatic carbocycles. The summed E-state index contributed by atoms with van der Waals surface area (Å²) in [6, 6.07) is 11.1. The predicted molar refractivity (Wildman–Crippen MR) is 88.1 cm³/mol. The van der Waals surface area contributed by atoms with Gasteiger partial charge in [-0.05, 0) is 24.3 Å². The van der Waals surface area contributed by atoms with Crippen LogP contribution in [-0.2, 0) is 17.9 Å². The van der Waals surface area contributed by atoms with Crippen LogP contribution in [0, 0.1) is 0 Å². The Kier molecular flexibility index (Phi) is 4.52. The highest BCUT2D eigenvalue weighted by molar-refractivity contribution is 5.77. The lowest BCUT2D eigenvalue weighted by Crippen LogP contribution is -2.29. The Morgan fingerprint density at radius 1 is 1.09 bits per heavy atom. The highest BCUT2D eigenvalue weighted by Crippen LogP contribution is 2.04. The molecular weight excluding hydrogens is 292 g/mol. The number of hydrogen-bond donors (Lipinski definition) is 1. The fourth-order valence-electron chi connectivity index (χ4n) is 2.42. The molecule has 0 aliphatic rings. The summed E-state index contributed by atoms with van der Waals surface area (Å²) in [7, 11) is 0. The summed E-state index contributed by atoms with van der Waals surface area (Å²) >= 11 is 0. The van der Waals surface area contributed by atoms with Gasteiger partial charge in [-0.25, -0.2) is 4.98 Å². The van der Waals surface area contributed by atoms with Crippen molar-refractivity contribution in [2.75, 3.05) is 6.54 Å². The molecule has 0 unspecified atom stereocenters. The van der Waals surface area contributed by atoms with Crippen LogP contribution in [0.5, 0.6) is 0 Å². The summed E-state index contributed by atoms with van der Waals surface area (Å²) in [4.78, 5) is 28.4. The Morgan fingerprint density at radius 2 is 1.87 bits per heavy atom. The van der Waals surface area contributed by atoms with Crippen LogP contribution in [0.25, 0.3) is 10.9 Å². The SMILES string of the molecule is O=C(CCn1cnc2ccccc2c1=O)NCCn1cccc1. The molecule has 0 fully saturated rings. The molecule has 1 N–H and O–H groups in total. The number of hydrogen-bond acceptors (Lipinski definition) is 3. The summed E-state index contributed by atoms with van der Waals surface area (Å²) in [6.45, 7) is 1.63. The molecule has 2 heterocycles. The molecule has 0 atom stereocenters. The molecule has 0 radical (unpaired) electrons. The van der Waals surface area contributed by atoms with Gasteiger partial charge in [-0.2, -0.15) is 0 Å². The second kappa shape index (κ2) is 6.91. The highest BCUT2D eigenvalue weighted by atomic mass is 16.1. The molecule has 0 spiro atoms. The number of carbonyl (C=O) groups excluding carboxylic acids is 1. The average Bonchev–Trinajstić information content (AvgIpc) is 3.08. The van der Waals surface area contributed by atoms with Crippen molar-refractivity contribution >= 4 is 16.8 Å². The molecule has 0 aliphatic carbocycles. The standard InChI is InChI=1S/C17H18N4O2/c22-16(18-8-12-20-9-3-4-10-20)7-11-21-13-19-15-6-2-1-5-14(15)17(21)23/h1-6,9-10,13H,7-8,11-12H2,(H,18,22). The maximum absolute atomic E-state index is 12.3. The van der Waals surface area contributed by atoms with Gasteiger partial charge < -0.3 is 9.88 Å². The Hall–Kier alpha value is -2.89. The van der Waals surface area contributed by atoms with E-state index in [1.807, 2.05) is 41.2 Å². The number of nitrogens with zero attached hydrogens (tertiary/aromatic N) is 3. The largest absolute Gasteiger partial charge is 0.354 e. The maximum atomic E-state index is 12.3. The Labute approximate surface area is 133 Å². The first-order valence-electron chi connectivity index (χ1n) is 7.56. The number of benzene rings is 1. The summed E-state index contributed by atoms with van der Waals surface area (Å²) in [6.07, 6.45) is 5.66. The molecule has 118 valence electrons. The molecular formula is C17H18N4O2. The number of nitrogens with one attached hydrogen (secondary N) is 1. The van der Waals surface area contributed by atoms with Crippen LogP contribution in [0.3, 0.4) is 0 Å². The summed E-state index contributed by atoms with van der Waals surface area (Å²) in [5.41, 5.74) is 0.556. The van der Waals surface area contributed by atoms with Crippen molar-refractivity contribution in [1.82, 2.24) is 19.4 Å². The van der Waals surface area contributed by atoms with E-state index in [1.165, 1.54) is 10.9 Å². The second-order valence-corrected chi connectivity index (χ2v) is 5.28. The van der Waals surface area contributed by atoms with E-state index in [9.17, 15) is 9.59 Å². The molecule has 3 rings (SSSR count). The zero-order valence-electron chi connectivity index (χ0n) is 12.7. The van der Waals surface area contributed by atoms with E-state index in [0.29, 0.717) is 24.0 Å². The Morgan fingerprint density at radius 3 is 2.70 bits per heavy atom. The van der Waals surface area contributed by atoms with E-state index in [4.69, 9.17) is 0 Å². The van der Waals surface area contributed by atoms with Crippen molar-refractivity contribution in [3.8, 4) is 0 Å². The average molecular weight is 310 g/mol. The number of carbonyl (C=O) groups is 1. The minimum Gasteiger partial charge on any atom is -0.354 e. The van der Waals surface area contributed by atoms with Gasteiger partial charge in [0.2, 0.25) is 5.91 Å². The smallest absolute Gasteiger partial charge is 0.261 e. The molecule has 0 aliphatic heterocycles. The maximum Gasteiger partial charge on any atom is 0.261 e. The minimum absolute atomic E-state index is 0.0720. The Balaban J connectivity index is 1.54. The summed E-state index contributed by atoms with van der Waals surface area (Å²) < 4.78 is 3.48. The number of para-hydroxylation sites is 1. The van der Waals surface area contributed by atoms with Crippen LogP contribution in [0.15, 0.2) is 59.9 Å². The van der Waals surface area contributed by atoms with Gasteiger partial charge in [-0.1, -0.05) is 12.1 Å². The molecule has 0 bridgehead atoms. The van der Waals surface area contributed by atoms with E-state index < -0.39 is 0 Å². The lowest BCUT2D eigenvalue weighted by molar-refractivity contribution is -0.121. The normalized spacial score (nSPS) is 10.8. The van der Waals surface area contributed by atoms with Crippen molar-refractivity contribution < 1.29 is 4.79 Å². The Bertz CT molecular complexity index is 852. The highest BCUT2D eigenvalue weighted by Gasteiger charge is 2.06. The first kappa shape index (κ1) is 15.0. The molecule has 0 saturated carbocycles. The minimum atomic E-state index is -0.115. The number of rotatable bonds is 6. The van der Waals surface area contributed by atoms with Gasteiger partial charge in [0.15, 0.2) is 0 Å². The lowest BCUT2D eigenvalue weighted by Gasteiger charge is -2.08. The van der Waals surface area contributed by atoms with Crippen LogP contribution >= 0.6 is 0 Å². The fraction of sp³-hybridized carbons (Fsp3) is 0.235. The van der Waals surface area contributed by atoms with Gasteiger partial charge in [-0.15, -0.1) is 0 Å². The summed E-state index contributed by atoms with van der Waals surface area (Å²) in [5.74, 6) is -0.0720. The quantitative estimate of drug-likeness (QED) is 0.748. The van der Waals surface area contributed by atoms with Gasteiger partial charge in [0.25, 0.3) is 5.56 Å². The van der Waals surface area contributed by atoms with Crippen LogP contribution in [0.1, 0.15) is 6.42 Å². The van der Waals surface area contributed by atoms with E-state index in [1.54, 1.807) is 12.1 Å². The second-order valence-electron chi connectivity index (χ2n) is 5.28. The molecule has 23 heavy (non-hydrogen) atoms. The fourth-order valence-corrected chi connectivity index (χ4v) is 2.42. The van der Waals surface area contributed by atoms with Crippen LogP contribution in [0.4, 0.5) is 0 Å². The van der Waals surface area contributed by atoms with Crippen molar-refractivity contribution in [3.63, 3.8) is 0 Å². The third-order valence-electron chi connectivity index (χ3n) is 3.67. The summed E-state index contributed by atoms with van der Waals surface area (Å²) in [5, 5.41) is 3.42. The van der Waals surface area contributed by atoms with E-state index in [-0.39, 0.29) is 17.9 Å². The lowest BCUT2D eigenvalue weighted by atomic mass is 10.2. The van der Waals surface area contributed by atoms with E-state index >= 15 is 0 Å². The first-order chi connectivity index (χ1) is 11.2. The molecule has 6 nitrogen and oxygen atoms in total. The number of aromatic nitrogens is 3. The van der Waals surface area contributed by atoms with Crippen molar-refractivity contribution in [2.45, 2.75) is 19.5 Å². The van der Waals surface area contributed by atoms with Crippen LogP contribution in [0.2, 0.25) is 0 Å². The molecule has 1 amide bonds. The van der Waals surface area contributed by atoms with E-state index in [2.05, 4.69) is 10.3 Å². The predicted octanol–water partition coefficient (Wildman–Crippen LogP) is 1.40. The van der Waals surface area contributed by atoms with Crippen molar-refractivity contribution in [3.05, 3.63) is 65.5 Å². The van der Waals surface area contributed by atoms with Gasteiger partial charge in [0.1, 0.15) is 0 Å². The monoisotopic (exact) mass is 310 g/mol. The third kappa shape index (κ3) is 3.66. The van der Waals surface area contributed by atoms with Gasteiger partial charge in [-0.3, -0.25) is 14.2 Å². The molecule has 2 aromatic heterocycles. The first-order valence-corrected chi connectivity index (χ1v) is 7.56. The van der Waals surface area contributed by atoms with Gasteiger partial charge >= 0.3 is 0 Å². The van der Waals surface area contributed by atoms with Crippen molar-refractivity contribution in [1.29, 1.82) is 0 Å².